The van der Waals surface area contributed by atoms with Gasteiger partial charge in [0.05, 0.1) is 5.41 Å². The molecule has 0 aliphatic carbocycles. The van der Waals surface area contributed by atoms with Crippen LogP contribution in [0.3, 0.4) is 0 Å². The van der Waals surface area contributed by atoms with Crippen LogP contribution in [0.5, 0.6) is 0 Å². The van der Waals surface area contributed by atoms with Crippen molar-refractivity contribution in [3.8, 4) is 0 Å². The lowest BCUT2D eigenvalue weighted by atomic mass is 9.61. The first-order valence-electron chi connectivity index (χ1n) is 6.43. The van der Waals surface area contributed by atoms with Crippen LogP contribution in [-0.2, 0) is 14.4 Å². The summed E-state index contributed by atoms with van der Waals surface area (Å²) >= 11 is 0. The van der Waals surface area contributed by atoms with Gasteiger partial charge in [0, 0.05) is 0 Å². The number of hydrogen-bond acceptors (Lipinski definition) is 4. The van der Waals surface area contributed by atoms with Gasteiger partial charge < -0.3 is 9.57 Å². The van der Waals surface area contributed by atoms with Gasteiger partial charge in [0.15, 0.2) is 0 Å². The highest BCUT2D eigenvalue weighted by Gasteiger charge is 2.47. The molecule has 0 aromatic heterocycles. The summed E-state index contributed by atoms with van der Waals surface area (Å²) in [7, 11) is 0. The number of hydrogen-bond donors (Lipinski definition) is 1. The van der Waals surface area contributed by atoms with Crippen LogP contribution < -0.4 is 5.90 Å². The van der Waals surface area contributed by atoms with Crippen LogP contribution in [0.1, 0.15) is 54.9 Å². The molecule has 0 radical (unpaired) electrons. The summed E-state index contributed by atoms with van der Waals surface area (Å²) in [5, 5.41) is 0. The summed E-state index contributed by atoms with van der Waals surface area (Å²) in [6.45, 7) is 15.0. The van der Waals surface area contributed by atoms with Crippen molar-refractivity contribution in [2.24, 2.45) is 22.1 Å². The van der Waals surface area contributed by atoms with E-state index < -0.39 is 5.41 Å². The highest BCUT2D eigenvalue weighted by molar-refractivity contribution is 5.77. The minimum absolute atomic E-state index is 0.0609. The topological polar surface area (TPSA) is 61.5 Å². The first kappa shape index (κ1) is 17.4. The molecule has 0 aliphatic heterocycles. The Morgan fingerprint density at radius 3 is 1.83 bits per heavy atom. The molecule has 18 heavy (non-hydrogen) atoms. The molecular formula is C14H29NO3. The Balaban J connectivity index is 4.94. The molecule has 108 valence electrons. The molecule has 1 unspecified atom stereocenters. The molecule has 4 nitrogen and oxygen atoms in total. The summed E-state index contributed by atoms with van der Waals surface area (Å²) in [6, 6.07) is 0. The first-order chi connectivity index (χ1) is 7.94. The SMILES string of the molecule is CC(C)(C)CC(C)(C(=O)OCCON)C(C)(C)C. The van der Waals surface area contributed by atoms with Crippen molar-refractivity contribution >= 4 is 5.97 Å². The molecule has 0 saturated heterocycles. The van der Waals surface area contributed by atoms with Gasteiger partial charge >= 0.3 is 5.97 Å². The Kier molecular flexibility index (Phi) is 5.82. The van der Waals surface area contributed by atoms with Crippen molar-refractivity contribution in [1.82, 2.24) is 0 Å². The highest BCUT2D eigenvalue weighted by atomic mass is 16.6. The van der Waals surface area contributed by atoms with Crippen LogP contribution in [0.25, 0.3) is 0 Å². The summed E-state index contributed by atoms with van der Waals surface area (Å²) in [4.78, 5) is 16.8. The zero-order valence-electron chi connectivity index (χ0n) is 12.9. The second-order valence-electron chi connectivity index (χ2n) is 7.33. The first-order valence-corrected chi connectivity index (χ1v) is 6.43. The molecule has 0 aliphatic rings. The van der Waals surface area contributed by atoms with E-state index in [1.54, 1.807) is 0 Å². The molecule has 0 rings (SSSR count). The molecular weight excluding hydrogens is 230 g/mol. The van der Waals surface area contributed by atoms with Gasteiger partial charge in [-0.1, -0.05) is 41.5 Å². The molecule has 0 saturated carbocycles. The number of nitrogens with two attached hydrogens (primary N) is 1. The largest absolute Gasteiger partial charge is 0.463 e. The van der Waals surface area contributed by atoms with E-state index >= 15 is 0 Å². The van der Waals surface area contributed by atoms with Crippen molar-refractivity contribution in [2.75, 3.05) is 13.2 Å². The molecule has 0 aromatic rings. The maximum atomic E-state index is 12.3. The Bertz CT molecular complexity index is 276. The van der Waals surface area contributed by atoms with Gasteiger partial charge in [0.1, 0.15) is 13.2 Å². The minimum atomic E-state index is -0.528. The molecule has 0 bridgehead atoms. The Morgan fingerprint density at radius 2 is 1.50 bits per heavy atom. The number of carbonyl (C=O) groups excluding carboxylic acids is 1. The average Bonchev–Trinajstić information content (AvgIpc) is 2.13. The van der Waals surface area contributed by atoms with E-state index in [9.17, 15) is 4.79 Å². The second-order valence-corrected chi connectivity index (χ2v) is 7.33. The predicted molar refractivity (Wildman–Crippen MR) is 72.7 cm³/mol. The third-order valence-electron chi connectivity index (χ3n) is 3.42. The van der Waals surface area contributed by atoms with E-state index in [-0.39, 0.29) is 30.0 Å². The Morgan fingerprint density at radius 1 is 1.00 bits per heavy atom. The standard InChI is InChI=1S/C14H29NO3/c1-12(2,3)10-14(7,13(4,5)6)11(16)17-8-9-18-15/h8-10,15H2,1-7H3. The zero-order valence-corrected chi connectivity index (χ0v) is 12.9. The average molecular weight is 259 g/mol. The lowest BCUT2D eigenvalue weighted by molar-refractivity contribution is -0.166. The molecule has 1 atom stereocenters. The van der Waals surface area contributed by atoms with Crippen molar-refractivity contribution in [3.05, 3.63) is 0 Å². The van der Waals surface area contributed by atoms with Crippen LogP contribution in [0, 0.1) is 16.2 Å². The van der Waals surface area contributed by atoms with Gasteiger partial charge in [-0.05, 0) is 24.2 Å². The van der Waals surface area contributed by atoms with E-state index in [2.05, 4.69) is 46.4 Å². The normalized spacial score (nSPS) is 16.2. The van der Waals surface area contributed by atoms with Crippen LogP contribution in [0.2, 0.25) is 0 Å². The maximum Gasteiger partial charge on any atom is 0.312 e. The van der Waals surface area contributed by atoms with Gasteiger partial charge in [-0.25, -0.2) is 5.90 Å². The van der Waals surface area contributed by atoms with E-state index in [0.717, 1.165) is 6.42 Å². The molecule has 4 heteroatoms. The Labute approximate surface area is 111 Å². The van der Waals surface area contributed by atoms with Gasteiger partial charge in [-0.15, -0.1) is 0 Å². The fraction of sp³-hybridized carbons (Fsp3) is 0.929. The zero-order chi connectivity index (χ0) is 14.6. The minimum Gasteiger partial charge on any atom is -0.463 e. The number of carbonyl (C=O) groups is 1. The Hall–Kier alpha value is -0.610. The maximum absolute atomic E-state index is 12.3. The number of rotatable bonds is 5. The van der Waals surface area contributed by atoms with E-state index in [0.29, 0.717) is 0 Å². The molecule has 0 amide bonds. The monoisotopic (exact) mass is 259 g/mol. The molecule has 0 heterocycles. The third kappa shape index (κ3) is 4.94. The van der Waals surface area contributed by atoms with Gasteiger partial charge in [-0.3, -0.25) is 4.79 Å². The van der Waals surface area contributed by atoms with Gasteiger partial charge in [0.25, 0.3) is 0 Å². The molecule has 2 N–H and O–H groups in total. The van der Waals surface area contributed by atoms with Crippen LogP contribution in [-0.4, -0.2) is 19.2 Å². The summed E-state index contributed by atoms with van der Waals surface area (Å²) in [5.74, 6) is 4.74. The quantitative estimate of drug-likeness (QED) is 0.468. The van der Waals surface area contributed by atoms with Gasteiger partial charge in [0.2, 0.25) is 0 Å². The third-order valence-corrected chi connectivity index (χ3v) is 3.42. The van der Waals surface area contributed by atoms with Crippen LogP contribution in [0.4, 0.5) is 0 Å². The predicted octanol–water partition coefficient (Wildman–Crippen LogP) is 2.91. The molecule has 0 aromatic carbocycles. The lowest BCUT2D eigenvalue weighted by Gasteiger charge is -2.43. The summed E-state index contributed by atoms with van der Waals surface area (Å²) < 4.78 is 5.28. The smallest absolute Gasteiger partial charge is 0.312 e. The fourth-order valence-corrected chi connectivity index (χ4v) is 2.05. The summed E-state index contributed by atoms with van der Waals surface area (Å²) in [6.07, 6.45) is 0.770. The van der Waals surface area contributed by atoms with Crippen molar-refractivity contribution in [3.63, 3.8) is 0 Å². The van der Waals surface area contributed by atoms with E-state index in [1.807, 2.05) is 6.92 Å². The van der Waals surface area contributed by atoms with E-state index in [1.165, 1.54) is 0 Å². The molecule has 0 fully saturated rings. The van der Waals surface area contributed by atoms with Crippen LogP contribution >= 0.6 is 0 Å². The number of ether oxygens (including phenoxy) is 1. The molecule has 0 spiro atoms. The van der Waals surface area contributed by atoms with Crippen molar-refractivity contribution in [1.29, 1.82) is 0 Å². The summed E-state index contributed by atoms with van der Waals surface area (Å²) in [5.41, 5.74) is -0.633. The van der Waals surface area contributed by atoms with Crippen LogP contribution in [0.15, 0.2) is 0 Å². The van der Waals surface area contributed by atoms with Gasteiger partial charge in [-0.2, -0.15) is 0 Å². The second kappa shape index (κ2) is 6.02. The number of esters is 1. The van der Waals surface area contributed by atoms with Crippen molar-refractivity contribution < 1.29 is 14.4 Å². The lowest BCUT2D eigenvalue weighted by Crippen LogP contribution is -2.44. The fourth-order valence-electron chi connectivity index (χ4n) is 2.05. The highest BCUT2D eigenvalue weighted by Crippen LogP contribution is 2.47. The van der Waals surface area contributed by atoms with Crippen molar-refractivity contribution in [2.45, 2.75) is 54.9 Å². The van der Waals surface area contributed by atoms with E-state index in [4.69, 9.17) is 10.6 Å².